The summed E-state index contributed by atoms with van der Waals surface area (Å²) >= 11 is 0. The van der Waals surface area contributed by atoms with Crippen molar-refractivity contribution < 1.29 is 25.2 Å². The van der Waals surface area contributed by atoms with Crippen LogP contribution < -0.4 is 0 Å². The molecule has 0 aliphatic heterocycles. The lowest BCUT2D eigenvalue weighted by Gasteiger charge is -2.25. The summed E-state index contributed by atoms with van der Waals surface area (Å²) in [7, 11) is 0. The molecule has 0 aliphatic carbocycles. The van der Waals surface area contributed by atoms with Gasteiger partial charge in [0.1, 0.15) is 20.2 Å². The first kappa shape index (κ1) is 12.1. The van der Waals surface area contributed by atoms with Crippen molar-refractivity contribution in [3.05, 3.63) is 0 Å². The summed E-state index contributed by atoms with van der Waals surface area (Å²) in [5, 5.41) is 34.3. The number of urea groups is 1. The fraction of sp³-hybridized carbons (Fsp3) is 0.833. The molecule has 0 fully saturated rings. The maximum absolute atomic E-state index is 11.2. The first-order chi connectivity index (χ1) is 6.21. The van der Waals surface area contributed by atoms with Crippen molar-refractivity contribution in [2.75, 3.05) is 33.3 Å². The molecule has 0 saturated carbocycles. The molecule has 0 heterocycles. The fourth-order valence-electron chi connectivity index (χ4n) is 0.713. The van der Waals surface area contributed by atoms with Crippen molar-refractivity contribution in [2.45, 2.75) is 0 Å². The third-order valence-corrected chi connectivity index (χ3v) is 1.42. The summed E-state index contributed by atoms with van der Waals surface area (Å²) in [5.41, 5.74) is 0. The predicted octanol–water partition coefficient (Wildman–Crippen LogP) is -2.45. The molecule has 0 unspecified atom stereocenters. The average Bonchev–Trinajstić information content (AvgIpc) is 2.15. The Balaban J connectivity index is 4.16. The molecule has 13 heavy (non-hydrogen) atoms. The summed E-state index contributed by atoms with van der Waals surface area (Å²) in [5.74, 6) is 0. The molecule has 0 aliphatic rings. The van der Waals surface area contributed by atoms with Gasteiger partial charge in [-0.15, -0.1) is 0 Å². The topological polar surface area (TPSA) is 104 Å². The van der Waals surface area contributed by atoms with Crippen LogP contribution in [0.1, 0.15) is 0 Å². The van der Waals surface area contributed by atoms with Crippen LogP contribution in [0.3, 0.4) is 0 Å². The zero-order valence-corrected chi connectivity index (χ0v) is 7.13. The summed E-state index contributed by atoms with van der Waals surface area (Å²) < 4.78 is 0. The lowest BCUT2D eigenvalue weighted by Crippen LogP contribution is -2.45. The third-order valence-electron chi connectivity index (χ3n) is 1.42. The van der Waals surface area contributed by atoms with Crippen molar-refractivity contribution >= 4 is 6.03 Å². The van der Waals surface area contributed by atoms with Crippen LogP contribution in [0, 0.1) is 0 Å². The Morgan fingerprint density at radius 2 is 1.38 bits per heavy atom. The van der Waals surface area contributed by atoms with Crippen molar-refractivity contribution in [2.24, 2.45) is 0 Å². The van der Waals surface area contributed by atoms with Crippen LogP contribution in [-0.2, 0) is 0 Å². The molecule has 0 aromatic rings. The zero-order chi connectivity index (χ0) is 10.3. The van der Waals surface area contributed by atoms with E-state index in [1.807, 2.05) is 0 Å². The van der Waals surface area contributed by atoms with E-state index in [0.29, 0.717) is 4.90 Å². The van der Waals surface area contributed by atoms with Gasteiger partial charge in [0.05, 0.1) is 6.61 Å². The minimum absolute atomic E-state index is 0.0498. The lowest BCUT2D eigenvalue weighted by atomic mass is 10.6. The predicted molar refractivity (Wildman–Crippen MR) is 42.3 cm³/mol. The van der Waals surface area contributed by atoms with Crippen LogP contribution in [0.5, 0.6) is 0 Å². The smallest absolute Gasteiger partial charge is 0.325 e. The largest absolute Gasteiger partial charge is 0.395 e. The van der Waals surface area contributed by atoms with Crippen LogP contribution >= 0.6 is 0 Å². The molecule has 0 spiro atoms. The molecule has 0 saturated heterocycles. The number of hydrogen-bond acceptors (Lipinski definition) is 5. The van der Waals surface area contributed by atoms with E-state index in [1.165, 1.54) is 0 Å². The van der Waals surface area contributed by atoms with E-state index in [-0.39, 0.29) is 13.2 Å². The molecular weight excluding hydrogens is 180 g/mol. The molecule has 0 atom stereocenters. The first-order valence-electron chi connectivity index (χ1n) is 3.68. The zero-order valence-electron chi connectivity index (χ0n) is 7.13. The molecule has 0 bridgehead atoms. The molecular formula is C6H14N2O5. The molecule has 0 radical (unpaired) electrons. The molecule has 2 amide bonds. The minimum Gasteiger partial charge on any atom is -0.395 e. The van der Waals surface area contributed by atoms with Gasteiger partial charge >= 0.3 is 6.03 Å². The first-order valence-corrected chi connectivity index (χ1v) is 3.68. The van der Waals surface area contributed by atoms with Crippen LogP contribution in [-0.4, -0.2) is 69.6 Å². The van der Waals surface area contributed by atoms with Gasteiger partial charge in [-0.25, -0.2) is 4.79 Å². The number of nitrogens with zero attached hydrogens (tertiary/aromatic N) is 2. The Kier molecular flexibility index (Phi) is 6.15. The van der Waals surface area contributed by atoms with Gasteiger partial charge in [0, 0.05) is 6.54 Å². The van der Waals surface area contributed by atoms with Crippen molar-refractivity contribution in [3.63, 3.8) is 0 Å². The molecule has 78 valence electrons. The van der Waals surface area contributed by atoms with Gasteiger partial charge in [-0.1, -0.05) is 0 Å². The van der Waals surface area contributed by atoms with Crippen LogP contribution in [0.2, 0.25) is 0 Å². The van der Waals surface area contributed by atoms with Crippen molar-refractivity contribution in [1.29, 1.82) is 0 Å². The van der Waals surface area contributed by atoms with Gasteiger partial charge in [-0.05, 0) is 0 Å². The molecule has 7 nitrogen and oxygen atoms in total. The van der Waals surface area contributed by atoms with Gasteiger partial charge < -0.3 is 20.4 Å². The highest BCUT2D eigenvalue weighted by molar-refractivity contribution is 5.73. The van der Waals surface area contributed by atoms with E-state index in [1.54, 1.807) is 0 Å². The molecule has 0 aromatic heterocycles. The molecule has 7 heteroatoms. The molecule has 4 N–H and O–H groups in total. The number of rotatable bonds is 5. The quantitative estimate of drug-likeness (QED) is 0.364. The third kappa shape index (κ3) is 3.55. The minimum atomic E-state index is -0.735. The second-order valence-electron chi connectivity index (χ2n) is 2.23. The van der Waals surface area contributed by atoms with E-state index < -0.39 is 26.2 Å². The van der Waals surface area contributed by atoms with Gasteiger partial charge in [-0.3, -0.25) is 9.80 Å². The number of carbonyl (C=O) groups is 1. The standard InChI is InChI=1S/C6H14N2O5/c9-2-1-7(3-10)6(13)8(4-11)5-12/h9-12H,1-5H2. The van der Waals surface area contributed by atoms with E-state index in [0.717, 1.165) is 4.90 Å². The lowest BCUT2D eigenvalue weighted by molar-refractivity contribution is 0.0223. The highest BCUT2D eigenvalue weighted by Gasteiger charge is 2.17. The normalized spacial score (nSPS) is 9.85. The number of carbonyl (C=O) groups excluding carboxylic acids is 1. The Morgan fingerprint density at radius 3 is 1.69 bits per heavy atom. The van der Waals surface area contributed by atoms with Gasteiger partial charge in [0.15, 0.2) is 0 Å². The van der Waals surface area contributed by atoms with Gasteiger partial charge in [0.25, 0.3) is 0 Å². The Bertz CT molecular complexity index is 150. The molecule has 0 aromatic carbocycles. The highest BCUT2D eigenvalue weighted by Crippen LogP contribution is 1.95. The summed E-state index contributed by atoms with van der Waals surface area (Å²) in [6.45, 7) is -2.20. The van der Waals surface area contributed by atoms with E-state index >= 15 is 0 Å². The van der Waals surface area contributed by atoms with Crippen molar-refractivity contribution in [3.8, 4) is 0 Å². The van der Waals surface area contributed by atoms with E-state index in [9.17, 15) is 4.79 Å². The summed E-state index contributed by atoms with van der Waals surface area (Å²) in [6.07, 6.45) is 0. The second-order valence-corrected chi connectivity index (χ2v) is 2.23. The van der Waals surface area contributed by atoms with Crippen LogP contribution in [0.4, 0.5) is 4.79 Å². The highest BCUT2D eigenvalue weighted by atomic mass is 16.3. The number of amides is 2. The van der Waals surface area contributed by atoms with Gasteiger partial charge in [0.2, 0.25) is 0 Å². The maximum Gasteiger partial charge on any atom is 0.325 e. The number of hydrogen-bond donors (Lipinski definition) is 4. The summed E-state index contributed by atoms with van der Waals surface area (Å²) in [4.78, 5) is 12.8. The monoisotopic (exact) mass is 194 g/mol. The number of aliphatic hydroxyl groups is 4. The van der Waals surface area contributed by atoms with Gasteiger partial charge in [-0.2, -0.15) is 0 Å². The SMILES string of the molecule is O=C(N(CO)CO)N(CO)CCO. The van der Waals surface area contributed by atoms with Crippen LogP contribution in [0.25, 0.3) is 0 Å². The Morgan fingerprint density at radius 1 is 0.923 bits per heavy atom. The Hall–Kier alpha value is -0.890. The second kappa shape index (κ2) is 6.61. The van der Waals surface area contributed by atoms with Crippen LogP contribution in [0.15, 0.2) is 0 Å². The van der Waals surface area contributed by atoms with E-state index in [2.05, 4.69) is 0 Å². The van der Waals surface area contributed by atoms with Crippen molar-refractivity contribution in [1.82, 2.24) is 9.80 Å². The summed E-state index contributed by atoms with van der Waals surface area (Å²) in [6, 6.07) is -0.735. The molecule has 0 rings (SSSR count). The fourth-order valence-corrected chi connectivity index (χ4v) is 0.713. The maximum atomic E-state index is 11.2. The number of aliphatic hydroxyl groups excluding tert-OH is 4. The van der Waals surface area contributed by atoms with E-state index in [4.69, 9.17) is 20.4 Å². The average molecular weight is 194 g/mol. The Labute approximate surface area is 75.4 Å².